The van der Waals surface area contributed by atoms with Gasteiger partial charge in [0.2, 0.25) is 0 Å². The minimum absolute atomic E-state index is 0.196. The zero-order valence-corrected chi connectivity index (χ0v) is 13.7. The molecule has 4 rings (SSSR count). The Bertz CT molecular complexity index is 844. The summed E-state index contributed by atoms with van der Waals surface area (Å²) in [5.41, 5.74) is 2.33. The summed E-state index contributed by atoms with van der Waals surface area (Å²) in [6, 6.07) is 13.4. The van der Waals surface area contributed by atoms with Crippen LogP contribution in [0.4, 0.5) is 11.4 Å². The molecule has 2 aromatic carbocycles. The van der Waals surface area contributed by atoms with E-state index in [4.69, 9.17) is 0 Å². The molecule has 5 heteroatoms. The van der Waals surface area contributed by atoms with Gasteiger partial charge in [-0.2, -0.15) is 0 Å². The highest BCUT2D eigenvalue weighted by Gasteiger charge is 2.55. The molecule has 0 atom stereocenters. The molecule has 0 aliphatic carbocycles. The molecule has 110 valence electrons. The third-order valence-corrected chi connectivity index (χ3v) is 4.76. The lowest BCUT2D eigenvalue weighted by Gasteiger charge is -2.35. The van der Waals surface area contributed by atoms with Crippen LogP contribution in [0.2, 0.25) is 0 Å². The van der Waals surface area contributed by atoms with Crippen molar-refractivity contribution in [2.24, 2.45) is 5.41 Å². The number of anilines is 2. The first-order valence-corrected chi connectivity index (χ1v) is 7.80. The number of nitrogens with zero attached hydrogens (tertiary/aromatic N) is 2. The standard InChI is InChI=1S/C17H13BrN2O2/c1-17(2)15(21)19-13-6-4-3-5-11(13)12-9-10(18)7-8-14(12)20(19)16(17)22/h3-9H,1-2H3. The molecular weight excluding hydrogens is 344 g/mol. The monoisotopic (exact) mass is 356 g/mol. The number of hydrogen-bond donors (Lipinski definition) is 0. The molecule has 2 amide bonds. The molecule has 2 heterocycles. The summed E-state index contributed by atoms with van der Waals surface area (Å²) in [5, 5.41) is 3.01. The average molecular weight is 357 g/mol. The van der Waals surface area contributed by atoms with Crippen molar-refractivity contribution in [1.29, 1.82) is 0 Å². The molecule has 0 unspecified atom stereocenters. The molecule has 2 aliphatic heterocycles. The highest BCUT2D eigenvalue weighted by atomic mass is 79.9. The van der Waals surface area contributed by atoms with E-state index in [9.17, 15) is 9.59 Å². The van der Waals surface area contributed by atoms with E-state index in [-0.39, 0.29) is 11.8 Å². The molecule has 22 heavy (non-hydrogen) atoms. The van der Waals surface area contributed by atoms with Gasteiger partial charge in [0.05, 0.1) is 11.4 Å². The van der Waals surface area contributed by atoms with Crippen LogP contribution in [0.1, 0.15) is 13.8 Å². The molecule has 0 saturated carbocycles. The minimum atomic E-state index is -1.05. The molecule has 2 aromatic rings. The lowest BCUT2D eigenvalue weighted by Crippen LogP contribution is -2.43. The molecule has 2 aliphatic rings. The smallest absolute Gasteiger partial charge is 0.261 e. The normalized spacial score (nSPS) is 18.1. The van der Waals surface area contributed by atoms with E-state index >= 15 is 0 Å². The van der Waals surface area contributed by atoms with Crippen molar-refractivity contribution in [2.75, 3.05) is 10.0 Å². The van der Waals surface area contributed by atoms with E-state index in [1.807, 2.05) is 42.5 Å². The third kappa shape index (κ3) is 1.52. The van der Waals surface area contributed by atoms with Gasteiger partial charge in [-0.15, -0.1) is 0 Å². The zero-order chi connectivity index (χ0) is 15.6. The Hall–Kier alpha value is -2.14. The van der Waals surface area contributed by atoms with Gasteiger partial charge in [-0.3, -0.25) is 9.59 Å². The highest BCUT2D eigenvalue weighted by molar-refractivity contribution is 9.10. The summed E-state index contributed by atoms with van der Waals surface area (Å²) >= 11 is 3.48. The summed E-state index contributed by atoms with van der Waals surface area (Å²) in [4.78, 5) is 25.5. The maximum Gasteiger partial charge on any atom is 0.261 e. The number of amides is 2. The minimum Gasteiger partial charge on any atom is -0.271 e. The molecule has 1 fully saturated rings. The fourth-order valence-corrected chi connectivity index (χ4v) is 3.39. The maximum atomic E-state index is 12.8. The summed E-state index contributed by atoms with van der Waals surface area (Å²) in [6.07, 6.45) is 0. The number of carbonyl (C=O) groups is 2. The van der Waals surface area contributed by atoms with Gasteiger partial charge < -0.3 is 0 Å². The van der Waals surface area contributed by atoms with Gasteiger partial charge in [0, 0.05) is 15.6 Å². The van der Waals surface area contributed by atoms with Crippen molar-refractivity contribution in [2.45, 2.75) is 13.8 Å². The number of benzene rings is 2. The second-order valence-electron chi connectivity index (χ2n) is 6.04. The van der Waals surface area contributed by atoms with E-state index in [1.165, 1.54) is 10.0 Å². The van der Waals surface area contributed by atoms with Crippen LogP contribution < -0.4 is 10.0 Å². The van der Waals surface area contributed by atoms with Crippen LogP contribution in [-0.2, 0) is 9.59 Å². The van der Waals surface area contributed by atoms with Crippen LogP contribution in [0, 0.1) is 5.41 Å². The van der Waals surface area contributed by atoms with E-state index in [1.54, 1.807) is 13.8 Å². The van der Waals surface area contributed by atoms with Gasteiger partial charge >= 0.3 is 0 Å². The lowest BCUT2D eigenvalue weighted by molar-refractivity contribution is -0.132. The fraction of sp³-hybridized carbons (Fsp3) is 0.176. The van der Waals surface area contributed by atoms with Crippen molar-refractivity contribution in [3.05, 3.63) is 46.9 Å². The first-order chi connectivity index (χ1) is 10.4. The molecule has 0 aromatic heterocycles. The van der Waals surface area contributed by atoms with E-state index < -0.39 is 5.41 Å². The Morgan fingerprint density at radius 2 is 1.45 bits per heavy atom. The first-order valence-electron chi connectivity index (χ1n) is 7.01. The van der Waals surface area contributed by atoms with Gasteiger partial charge in [0.25, 0.3) is 11.8 Å². The summed E-state index contributed by atoms with van der Waals surface area (Å²) < 4.78 is 0.937. The van der Waals surface area contributed by atoms with E-state index in [0.717, 1.165) is 27.0 Å². The molecule has 1 saturated heterocycles. The quantitative estimate of drug-likeness (QED) is 0.674. The molecule has 4 nitrogen and oxygen atoms in total. The Kier molecular flexibility index (Phi) is 2.58. The number of halogens is 1. The van der Waals surface area contributed by atoms with Crippen LogP contribution in [-0.4, -0.2) is 11.8 Å². The molecule has 0 bridgehead atoms. The number of carbonyl (C=O) groups excluding carboxylic acids is 2. The first kappa shape index (κ1) is 13.5. The van der Waals surface area contributed by atoms with Crippen molar-refractivity contribution < 1.29 is 9.59 Å². The van der Waals surface area contributed by atoms with Gasteiger partial charge in [-0.1, -0.05) is 34.1 Å². The molecule has 0 spiro atoms. The predicted molar refractivity (Wildman–Crippen MR) is 88.3 cm³/mol. The van der Waals surface area contributed by atoms with Crippen LogP contribution in [0.15, 0.2) is 46.9 Å². The van der Waals surface area contributed by atoms with Crippen LogP contribution in [0.25, 0.3) is 11.1 Å². The van der Waals surface area contributed by atoms with Gasteiger partial charge in [-0.25, -0.2) is 10.0 Å². The van der Waals surface area contributed by atoms with Crippen molar-refractivity contribution in [3.8, 4) is 11.1 Å². The van der Waals surface area contributed by atoms with Gasteiger partial charge in [0.15, 0.2) is 0 Å². The number of fused-ring (bicyclic) bond motifs is 6. The van der Waals surface area contributed by atoms with Crippen molar-refractivity contribution in [3.63, 3.8) is 0 Å². The fourth-order valence-electron chi connectivity index (χ4n) is 3.03. The summed E-state index contributed by atoms with van der Waals surface area (Å²) in [5.74, 6) is -0.394. The van der Waals surface area contributed by atoms with E-state index in [0.29, 0.717) is 0 Å². The number of rotatable bonds is 0. The van der Waals surface area contributed by atoms with Crippen molar-refractivity contribution >= 4 is 39.1 Å². The van der Waals surface area contributed by atoms with Crippen LogP contribution in [0.5, 0.6) is 0 Å². The van der Waals surface area contributed by atoms with Crippen LogP contribution in [0.3, 0.4) is 0 Å². The molecular formula is C17H13BrN2O2. The SMILES string of the molecule is CC1(C)C(=O)N2c3ccccc3-c3cc(Br)ccc3N2C1=O. The number of hydrogen-bond acceptors (Lipinski definition) is 2. The summed E-state index contributed by atoms with van der Waals surface area (Å²) in [7, 11) is 0. The molecule has 0 N–H and O–H groups in total. The number of hydrazine groups is 1. The van der Waals surface area contributed by atoms with Gasteiger partial charge in [-0.05, 0) is 38.1 Å². The van der Waals surface area contributed by atoms with Crippen LogP contribution >= 0.6 is 15.9 Å². The Labute approximate surface area is 136 Å². The number of para-hydroxylation sites is 1. The Morgan fingerprint density at radius 3 is 2.14 bits per heavy atom. The largest absolute Gasteiger partial charge is 0.271 e. The van der Waals surface area contributed by atoms with E-state index in [2.05, 4.69) is 15.9 Å². The lowest BCUT2D eigenvalue weighted by atomic mass is 9.93. The van der Waals surface area contributed by atoms with Gasteiger partial charge in [0.1, 0.15) is 5.41 Å². The maximum absolute atomic E-state index is 12.8. The third-order valence-electron chi connectivity index (χ3n) is 4.26. The predicted octanol–water partition coefficient (Wildman–Crippen LogP) is 3.75. The highest BCUT2D eigenvalue weighted by Crippen LogP contribution is 2.49. The second-order valence-corrected chi connectivity index (χ2v) is 6.95. The second kappa shape index (κ2) is 4.20. The summed E-state index contributed by atoms with van der Waals surface area (Å²) in [6.45, 7) is 3.36. The zero-order valence-electron chi connectivity index (χ0n) is 12.1. The molecule has 0 radical (unpaired) electrons. The van der Waals surface area contributed by atoms with Crippen molar-refractivity contribution in [1.82, 2.24) is 0 Å². The average Bonchev–Trinajstić information content (AvgIpc) is 2.69. The Balaban J connectivity index is 2.08. The Morgan fingerprint density at radius 1 is 0.864 bits per heavy atom. The topological polar surface area (TPSA) is 40.6 Å².